The van der Waals surface area contributed by atoms with Crippen LogP contribution in [0.4, 0.5) is 0 Å². The van der Waals surface area contributed by atoms with Crippen LogP contribution in [0.1, 0.15) is 15.2 Å². The normalized spacial score (nSPS) is 10.3. The summed E-state index contributed by atoms with van der Waals surface area (Å²) in [7, 11) is 0. The Hall–Kier alpha value is -1.68. The molecular formula is C12H11NO2S. The predicted octanol–water partition coefficient (Wildman–Crippen LogP) is 2.10. The first kappa shape index (κ1) is 10.8. The zero-order chi connectivity index (χ0) is 11.5. The van der Waals surface area contributed by atoms with E-state index in [0.717, 1.165) is 5.56 Å². The monoisotopic (exact) mass is 233 g/mol. The van der Waals surface area contributed by atoms with E-state index in [0.29, 0.717) is 4.88 Å². The highest BCUT2D eigenvalue weighted by atomic mass is 32.1. The maximum absolute atomic E-state index is 11.8. The van der Waals surface area contributed by atoms with Gasteiger partial charge in [0.15, 0.2) is 5.78 Å². The topological polar surface area (TPSA) is 39.1 Å². The molecule has 82 valence electrons. The fourth-order valence-corrected chi connectivity index (χ4v) is 2.10. The minimum Gasteiger partial charge on any atom is -0.307 e. The molecule has 0 N–H and O–H groups in total. The number of carbonyl (C=O) groups is 1. The first-order valence-corrected chi connectivity index (χ1v) is 5.78. The van der Waals surface area contributed by atoms with E-state index >= 15 is 0 Å². The fourth-order valence-electron chi connectivity index (χ4n) is 1.44. The summed E-state index contributed by atoms with van der Waals surface area (Å²) in [4.78, 5) is 24.0. The van der Waals surface area contributed by atoms with Crippen LogP contribution in [0.25, 0.3) is 0 Å². The van der Waals surface area contributed by atoms with Crippen molar-refractivity contribution < 1.29 is 4.79 Å². The van der Waals surface area contributed by atoms with Crippen LogP contribution in [-0.2, 0) is 6.54 Å². The molecule has 4 heteroatoms. The fraction of sp³-hybridized carbons (Fsp3) is 0.167. The van der Waals surface area contributed by atoms with E-state index in [2.05, 4.69) is 0 Å². The molecule has 0 spiro atoms. The first-order chi connectivity index (χ1) is 7.66. The summed E-state index contributed by atoms with van der Waals surface area (Å²) in [5.41, 5.74) is 0.828. The van der Waals surface area contributed by atoms with E-state index in [1.54, 1.807) is 18.3 Å². The molecule has 0 amide bonds. The number of carbonyl (C=O) groups excluding carboxylic acids is 1. The van der Waals surface area contributed by atoms with Crippen LogP contribution < -0.4 is 5.56 Å². The van der Waals surface area contributed by atoms with Gasteiger partial charge < -0.3 is 4.57 Å². The minimum atomic E-state index is -0.143. The number of pyridine rings is 1. The van der Waals surface area contributed by atoms with Crippen LogP contribution >= 0.6 is 11.3 Å². The Balaban J connectivity index is 2.25. The number of nitrogens with zero attached hydrogens (tertiary/aromatic N) is 1. The standard InChI is InChI=1S/C12H11NO2S/c1-9-4-5-12(15)13(7-9)8-10(14)11-3-2-6-16-11/h2-7H,8H2,1H3. The minimum absolute atomic E-state index is 0.0253. The SMILES string of the molecule is Cc1ccc(=O)n(CC(=O)c2cccs2)c1. The van der Waals surface area contributed by atoms with Gasteiger partial charge in [0.05, 0.1) is 11.4 Å². The molecule has 0 radical (unpaired) electrons. The Morgan fingerprint density at radius 2 is 2.19 bits per heavy atom. The molecule has 0 bridgehead atoms. The van der Waals surface area contributed by atoms with E-state index in [9.17, 15) is 9.59 Å². The van der Waals surface area contributed by atoms with Crippen molar-refractivity contribution in [1.82, 2.24) is 4.57 Å². The molecule has 0 aromatic carbocycles. The molecule has 0 aliphatic carbocycles. The highest BCUT2D eigenvalue weighted by Gasteiger charge is 2.08. The summed E-state index contributed by atoms with van der Waals surface area (Å²) in [6, 6.07) is 6.83. The van der Waals surface area contributed by atoms with Gasteiger partial charge in [0.25, 0.3) is 5.56 Å². The van der Waals surface area contributed by atoms with Crippen LogP contribution in [0.2, 0.25) is 0 Å². The largest absolute Gasteiger partial charge is 0.307 e. The van der Waals surface area contributed by atoms with Crippen molar-refractivity contribution in [1.29, 1.82) is 0 Å². The van der Waals surface area contributed by atoms with Gasteiger partial charge in [-0.3, -0.25) is 9.59 Å². The Bertz CT molecular complexity index is 555. The predicted molar refractivity (Wildman–Crippen MR) is 64.1 cm³/mol. The van der Waals surface area contributed by atoms with Gasteiger partial charge >= 0.3 is 0 Å². The lowest BCUT2D eigenvalue weighted by molar-refractivity contribution is 0.0975. The molecule has 0 aliphatic heterocycles. The van der Waals surface area contributed by atoms with Crippen molar-refractivity contribution in [2.24, 2.45) is 0 Å². The number of ketones is 1. The lowest BCUT2D eigenvalue weighted by Crippen LogP contribution is -2.22. The second kappa shape index (κ2) is 4.45. The van der Waals surface area contributed by atoms with E-state index in [1.807, 2.05) is 18.4 Å². The molecule has 2 aromatic rings. The molecule has 2 aromatic heterocycles. The number of Topliss-reactive ketones (excluding diaryl/α,β-unsaturated/α-hetero) is 1. The van der Waals surface area contributed by atoms with Crippen molar-refractivity contribution in [2.45, 2.75) is 13.5 Å². The zero-order valence-electron chi connectivity index (χ0n) is 8.84. The van der Waals surface area contributed by atoms with Crippen molar-refractivity contribution in [3.8, 4) is 0 Å². The Morgan fingerprint density at radius 1 is 1.38 bits per heavy atom. The van der Waals surface area contributed by atoms with Gasteiger partial charge in [-0.15, -0.1) is 11.3 Å². The van der Waals surface area contributed by atoms with Gasteiger partial charge in [0, 0.05) is 12.3 Å². The Kier molecular flexibility index (Phi) is 3.01. The molecule has 0 fully saturated rings. The van der Waals surface area contributed by atoms with Gasteiger partial charge in [0.1, 0.15) is 0 Å². The second-order valence-electron chi connectivity index (χ2n) is 3.57. The number of aromatic nitrogens is 1. The van der Waals surface area contributed by atoms with Crippen molar-refractivity contribution >= 4 is 17.1 Å². The van der Waals surface area contributed by atoms with Crippen molar-refractivity contribution in [3.05, 3.63) is 56.6 Å². The summed E-state index contributed by atoms with van der Waals surface area (Å²) in [6.07, 6.45) is 1.70. The number of hydrogen-bond donors (Lipinski definition) is 0. The summed E-state index contributed by atoms with van der Waals surface area (Å²) in [5.74, 6) is -0.0253. The van der Waals surface area contributed by atoms with Crippen molar-refractivity contribution in [3.63, 3.8) is 0 Å². The van der Waals surface area contributed by atoms with Crippen molar-refractivity contribution in [2.75, 3.05) is 0 Å². The summed E-state index contributed by atoms with van der Waals surface area (Å²) < 4.78 is 1.44. The summed E-state index contributed by atoms with van der Waals surface area (Å²) in [6.45, 7) is 2.01. The van der Waals surface area contributed by atoms with Gasteiger partial charge in [-0.2, -0.15) is 0 Å². The van der Waals surface area contributed by atoms with Gasteiger partial charge in [-0.1, -0.05) is 12.1 Å². The zero-order valence-corrected chi connectivity index (χ0v) is 9.66. The average molecular weight is 233 g/mol. The van der Waals surface area contributed by atoms with Crippen LogP contribution in [0, 0.1) is 6.92 Å². The van der Waals surface area contributed by atoms with Crippen LogP contribution in [0.5, 0.6) is 0 Å². The average Bonchev–Trinajstić information content (AvgIpc) is 2.76. The highest BCUT2D eigenvalue weighted by molar-refractivity contribution is 7.12. The summed E-state index contributed by atoms with van der Waals surface area (Å²) in [5, 5.41) is 1.85. The quantitative estimate of drug-likeness (QED) is 0.761. The third-order valence-corrected chi connectivity index (χ3v) is 3.15. The second-order valence-corrected chi connectivity index (χ2v) is 4.52. The molecule has 0 unspecified atom stereocenters. The number of thiophene rings is 1. The maximum Gasteiger partial charge on any atom is 0.250 e. The number of hydrogen-bond acceptors (Lipinski definition) is 3. The molecule has 2 heterocycles. The summed E-state index contributed by atoms with van der Waals surface area (Å²) >= 11 is 1.40. The van der Waals surface area contributed by atoms with Crippen LogP contribution in [0.3, 0.4) is 0 Å². The molecule has 16 heavy (non-hydrogen) atoms. The Labute approximate surface area is 97.0 Å². The lowest BCUT2D eigenvalue weighted by atomic mass is 10.3. The highest BCUT2D eigenvalue weighted by Crippen LogP contribution is 2.10. The molecule has 0 saturated heterocycles. The third-order valence-electron chi connectivity index (χ3n) is 2.24. The number of rotatable bonds is 3. The number of aryl methyl sites for hydroxylation is 1. The van der Waals surface area contributed by atoms with Crippen LogP contribution in [-0.4, -0.2) is 10.4 Å². The van der Waals surface area contributed by atoms with E-state index in [-0.39, 0.29) is 17.9 Å². The third kappa shape index (κ3) is 2.28. The smallest absolute Gasteiger partial charge is 0.250 e. The first-order valence-electron chi connectivity index (χ1n) is 4.90. The van der Waals surface area contributed by atoms with Gasteiger partial charge in [0.2, 0.25) is 0 Å². The lowest BCUT2D eigenvalue weighted by Gasteiger charge is -2.04. The molecule has 0 atom stereocenters. The maximum atomic E-state index is 11.8. The van der Waals surface area contributed by atoms with E-state index in [4.69, 9.17) is 0 Å². The van der Waals surface area contributed by atoms with Crippen LogP contribution in [0.15, 0.2) is 40.6 Å². The molecular weight excluding hydrogens is 222 g/mol. The van der Waals surface area contributed by atoms with Gasteiger partial charge in [-0.05, 0) is 23.9 Å². The molecule has 3 nitrogen and oxygen atoms in total. The molecule has 0 aliphatic rings. The van der Waals surface area contributed by atoms with Gasteiger partial charge in [-0.25, -0.2) is 0 Å². The molecule has 0 saturated carbocycles. The molecule has 2 rings (SSSR count). The van der Waals surface area contributed by atoms with E-state index in [1.165, 1.54) is 22.0 Å². The Morgan fingerprint density at radius 3 is 2.88 bits per heavy atom. The van der Waals surface area contributed by atoms with E-state index < -0.39 is 0 Å².